The molecule has 0 bridgehead atoms. The lowest BCUT2D eigenvalue weighted by atomic mass is 10.4. The highest BCUT2D eigenvalue weighted by atomic mass is 35.5. The molecule has 0 radical (unpaired) electrons. The normalized spacial score (nSPS) is 9.71. The summed E-state index contributed by atoms with van der Waals surface area (Å²) in [4.78, 5) is 0. The molecule has 0 unspecified atom stereocenters. The molecular weight excluding hydrogens is 251 g/mol. The van der Waals surface area contributed by atoms with Crippen molar-refractivity contribution < 1.29 is 13.0 Å². The van der Waals surface area contributed by atoms with Gasteiger partial charge in [-0.15, -0.1) is 24.8 Å². The number of hydrogen-bond acceptors (Lipinski definition) is 3. The average molecular weight is 271 g/mol. The molecule has 0 aromatic rings. The van der Waals surface area contributed by atoms with Crippen LogP contribution >= 0.6 is 24.8 Å². The topological polar surface area (TPSA) is 92.4 Å². The summed E-state index contributed by atoms with van der Waals surface area (Å²) in [6, 6.07) is 0.0880. The van der Waals surface area contributed by atoms with Gasteiger partial charge in [0.15, 0.2) is 0 Å². The van der Waals surface area contributed by atoms with E-state index in [0.29, 0.717) is 6.04 Å². The van der Waals surface area contributed by atoms with Crippen molar-refractivity contribution in [2.75, 3.05) is 0 Å². The lowest BCUT2D eigenvalue weighted by molar-refractivity contribution is 0.460. The first-order valence-electron chi connectivity index (χ1n) is 3.65. The maximum absolute atomic E-state index is 9.89. The lowest BCUT2D eigenvalue weighted by Crippen LogP contribution is -2.29. The largest absolute Gasteiger partial charge is 0.333 e. The van der Waals surface area contributed by atoms with E-state index in [0.717, 1.165) is 0 Å². The summed E-state index contributed by atoms with van der Waals surface area (Å²) in [6.45, 7) is 7.13. The Morgan fingerprint density at radius 2 is 1.36 bits per heavy atom. The predicted molar refractivity (Wildman–Crippen MR) is 63.6 cm³/mol. The van der Waals surface area contributed by atoms with Crippen LogP contribution < -0.4 is 10.5 Å². The van der Waals surface area contributed by atoms with Crippen molar-refractivity contribution in [1.29, 1.82) is 0 Å². The van der Waals surface area contributed by atoms with Crippen LogP contribution in [0, 0.1) is 0 Å². The summed E-state index contributed by atoms with van der Waals surface area (Å²) in [5.74, 6) is 0. The van der Waals surface area contributed by atoms with Crippen LogP contribution in [0.2, 0.25) is 0 Å². The van der Waals surface area contributed by atoms with Gasteiger partial charge in [0.05, 0.1) is 0 Å². The number of halogens is 2. The fourth-order valence-corrected chi connectivity index (χ4v) is 0.894. The SMILES string of the molecule is CC(C)N.CC(C)NS(=O)(=O)O.Cl.Cl. The molecule has 0 spiro atoms. The molecule has 4 N–H and O–H groups in total. The van der Waals surface area contributed by atoms with Crippen molar-refractivity contribution >= 4 is 35.1 Å². The van der Waals surface area contributed by atoms with Gasteiger partial charge in [-0.25, -0.2) is 0 Å². The maximum atomic E-state index is 9.89. The minimum atomic E-state index is -3.97. The number of rotatable bonds is 2. The van der Waals surface area contributed by atoms with Gasteiger partial charge in [0.25, 0.3) is 0 Å². The molecule has 0 aliphatic carbocycles. The van der Waals surface area contributed by atoms with Gasteiger partial charge in [-0.2, -0.15) is 13.1 Å². The van der Waals surface area contributed by atoms with Gasteiger partial charge in [0.1, 0.15) is 0 Å². The monoisotopic (exact) mass is 270 g/mol. The fraction of sp³-hybridized carbons (Fsp3) is 1.00. The van der Waals surface area contributed by atoms with E-state index in [2.05, 4.69) is 0 Å². The average Bonchev–Trinajstić information content (AvgIpc) is 1.52. The molecular formula is C6H20Cl2N2O3S. The van der Waals surface area contributed by atoms with E-state index < -0.39 is 10.3 Å². The summed E-state index contributed by atoms with van der Waals surface area (Å²) >= 11 is 0. The quantitative estimate of drug-likeness (QED) is 0.653. The molecule has 92 valence electrons. The van der Waals surface area contributed by atoms with Gasteiger partial charge in [0.2, 0.25) is 0 Å². The third kappa shape index (κ3) is 55.2. The van der Waals surface area contributed by atoms with Crippen molar-refractivity contribution in [2.24, 2.45) is 5.73 Å². The second kappa shape index (κ2) is 11.5. The molecule has 0 rings (SSSR count). The first kappa shape index (κ1) is 23.9. The van der Waals surface area contributed by atoms with Crippen molar-refractivity contribution in [3.8, 4) is 0 Å². The van der Waals surface area contributed by atoms with Crippen LogP contribution in [0.3, 0.4) is 0 Å². The minimum Gasteiger partial charge on any atom is -0.328 e. The maximum Gasteiger partial charge on any atom is 0.333 e. The molecule has 5 nitrogen and oxygen atoms in total. The van der Waals surface area contributed by atoms with Crippen LogP contribution in [0.15, 0.2) is 0 Å². The van der Waals surface area contributed by atoms with E-state index in [1.165, 1.54) is 0 Å². The number of nitrogens with one attached hydrogen (secondary N) is 1. The van der Waals surface area contributed by atoms with Gasteiger partial charge in [-0.3, -0.25) is 4.55 Å². The van der Waals surface area contributed by atoms with Crippen LogP contribution in [0.1, 0.15) is 27.7 Å². The summed E-state index contributed by atoms with van der Waals surface area (Å²) in [6.07, 6.45) is 0. The molecule has 0 aliphatic heterocycles. The Bertz CT molecular complexity index is 192. The Balaban J connectivity index is -0.0000000733. The van der Waals surface area contributed by atoms with Crippen molar-refractivity contribution in [3.63, 3.8) is 0 Å². The van der Waals surface area contributed by atoms with Crippen molar-refractivity contribution in [1.82, 2.24) is 4.72 Å². The Kier molecular flexibility index (Phi) is 19.6. The van der Waals surface area contributed by atoms with Crippen LogP contribution in [0.5, 0.6) is 0 Å². The first-order chi connectivity index (χ1) is 5.15. The van der Waals surface area contributed by atoms with E-state index in [1.54, 1.807) is 13.8 Å². The van der Waals surface area contributed by atoms with Crippen molar-refractivity contribution in [3.05, 3.63) is 0 Å². The van der Waals surface area contributed by atoms with E-state index in [1.807, 2.05) is 18.6 Å². The molecule has 0 saturated heterocycles. The minimum absolute atomic E-state index is 0. The van der Waals surface area contributed by atoms with Gasteiger partial charge in [-0.05, 0) is 19.9 Å². The second-order valence-electron chi connectivity index (χ2n) is 2.99. The fourth-order valence-electron chi connectivity index (χ4n) is 0.298. The van der Waals surface area contributed by atoms with E-state index in [9.17, 15) is 8.42 Å². The van der Waals surface area contributed by atoms with Crippen LogP contribution in [-0.4, -0.2) is 25.1 Å². The summed E-state index contributed by atoms with van der Waals surface area (Å²) in [5, 5.41) is 0. The molecule has 0 aromatic heterocycles. The van der Waals surface area contributed by atoms with Crippen LogP contribution in [0.4, 0.5) is 0 Å². The smallest absolute Gasteiger partial charge is 0.328 e. The zero-order valence-electron chi connectivity index (χ0n) is 8.72. The molecule has 0 aliphatic rings. The van der Waals surface area contributed by atoms with Gasteiger partial charge in [0, 0.05) is 6.04 Å². The highest BCUT2D eigenvalue weighted by Gasteiger charge is 2.03. The summed E-state index contributed by atoms with van der Waals surface area (Å²) in [7, 11) is -3.97. The van der Waals surface area contributed by atoms with Gasteiger partial charge < -0.3 is 5.73 Å². The highest BCUT2D eigenvalue weighted by molar-refractivity contribution is 7.83. The molecule has 0 fully saturated rings. The molecule has 8 heteroatoms. The van der Waals surface area contributed by atoms with Crippen LogP contribution in [-0.2, 0) is 10.3 Å². The first-order valence-corrected chi connectivity index (χ1v) is 5.09. The Hall–Kier alpha value is 0.410. The van der Waals surface area contributed by atoms with E-state index in [-0.39, 0.29) is 30.9 Å². The van der Waals surface area contributed by atoms with E-state index in [4.69, 9.17) is 10.3 Å². The third-order valence-corrected chi connectivity index (χ3v) is 1.15. The molecule has 0 atom stereocenters. The Morgan fingerprint density at radius 3 is 1.36 bits per heavy atom. The standard InChI is InChI=1S/C3H9NO3S.C3H9N.2ClH/c1-3(2)4-8(5,6)7;1-3(2)4;;/h3-4H,1-2H3,(H,5,6,7);3H,4H2,1-2H3;2*1H. The third-order valence-electron chi connectivity index (χ3n) is 0.385. The molecule has 0 heterocycles. The molecule has 0 saturated carbocycles. The van der Waals surface area contributed by atoms with Gasteiger partial charge in [-0.1, -0.05) is 13.8 Å². The van der Waals surface area contributed by atoms with E-state index >= 15 is 0 Å². The lowest BCUT2D eigenvalue weighted by Gasteiger charge is -2.01. The van der Waals surface area contributed by atoms with Crippen LogP contribution in [0.25, 0.3) is 0 Å². The van der Waals surface area contributed by atoms with Crippen molar-refractivity contribution in [2.45, 2.75) is 39.8 Å². The van der Waals surface area contributed by atoms with Gasteiger partial charge >= 0.3 is 10.3 Å². The molecule has 0 amide bonds. The molecule has 14 heavy (non-hydrogen) atoms. The number of nitrogens with two attached hydrogens (primary N) is 1. The molecule has 0 aromatic carbocycles. The summed E-state index contributed by atoms with van der Waals surface area (Å²) in [5.41, 5.74) is 5.11. The highest BCUT2D eigenvalue weighted by Crippen LogP contribution is 1.79. The Morgan fingerprint density at radius 1 is 1.14 bits per heavy atom. The zero-order chi connectivity index (χ0) is 10.4. The number of hydrogen-bond donors (Lipinski definition) is 3. The Labute approximate surface area is 98.5 Å². The predicted octanol–water partition coefficient (Wildman–Crippen LogP) is 0.984. The zero-order valence-corrected chi connectivity index (χ0v) is 11.2. The second-order valence-corrected chi connectivity index (χ2v) is 4.18. The summed E-state index contributed by atoms with van der Waals surface area (Å²) < 4.78 is 29.7.